The summed E-state index contributed by atoms with van der Waals surface area (Å²) >= 11 is 6.30. The van der Waals surface area contributed by atoms with Crippen molar-refractivity contribution in [2.45, 2.75) is 38.8 Å². The summed E-state index contributed by atoms with van der Waals surface area (Å²) in [5.74, 6) is -0.282. The summed E-state index contributed by atoms with van der Waals surface area (Å²) in [6.07, 6.45) is 2.37. The number of halogens is 1. The van der Waals surface area contributed by atoms with E-state index in [1.54, 1.807) is 23.1 Å². The van der Waals surface area contributed by atoms with E-state index in [4.69, 9.17) is 17.3 Å². The van der Waals surface area contributed by atoms with Gasteiger partial charge in [0.2, 0.25) is 5.91 Å². The van der Waals surface area contributed by atoms with Gasteiger partial charge in [-0.25, -0.2) is 0 Å². The molecule has 2 amide bonds. The molecule has 148 valence electrons. The van der Waals surface area contributed by atoms with E-state index in [2.05, 4.69) is 5.32 Å². The normalized spacial score (nSPS) is 18.7. The Morgan fingerprint density at radius 3 is 2.57 bits per heavy atom. The molecule has 1 fully saturated rings. The standard InChI is InChI=1S/C22H26ClN3O2/c1-2-26(14-15-6-4-3-5-7-15)22(28)19-13-18(10-11-20(19)23)25-21(27)16-8-9-17(24)12-16/h3-7,10-11,13,16-17H,2,8-9,12,14,24H2,1H3,(H,25,27). The van der Waals surface area contributed by atoms with E-state index in [0.29, 0.717) is 35.8 Å². The van der Waals surface area contributed by atoms with Gasteiger partial charge in [0.25, 0.3) is 5.91 Å². The summed E-state index contributed by atoms with van der Waals surface area (Å²) in [5, 5.41) is 3.28. The van der Waals surface area contributed by atoms with Crippen LogP contribution in [0.25, 0.3) is 0 Å². The molecular formula is C22H26ClN3O2. The summed E-state index contributed by atoms with van der Waals surface area (Å²) < 4.78 is 0. The van der Waals surface area contributed by atoms with Crippen LogP contribution in [0.15, 0.2) is 48.5 Å². The highest BCUT2D eigenvalue weighted by atomic mass is 35.5. The SMILES string of the molecule is CCN(Cc1ccccc1)C(=O)c1cc(NC(=O)C2CCC(N)C2)ccc1Cl. The van der Waals surface area contributed by atoms with Gasteiger partial charge in [-0.2, -0.15) is 0 Å². The second-order valence-electron chi connectivity index (χ2n) is 7.26. The van der Waals surface area contributed by atoms with Crippen molar-refractivity contribution in [3.63, 3.8) is 0 Å². The van der Waals surface area contributed by atoms with Gasteiger partial charge in [-0.3, -0.25) is 9.59 Å². The number of amides is 2. The van der Waals surface area contributed by atoms with Crippen molar-refractivity contribution in [1.29, 1.82) is 0 Å². The molecule has 0 aromatic heterocycles. The number of hydrogen-bond donors (Lipinski definition) is 2. The molecule has 0 aliphatic heterocycles. The van der Waals surface area contributed by atoms with Crippen molar-refractivity contribution in [3.8, 4) is 0 Å². The summed E-state index contributed by atoms with van der Waals surface area (Å²) in [6, 6.07) is 14.9. The fraction of sp³-hybridized carbons (Fsp3) is 0.364. The van der Waals surface area contributed by atoms with Gasteiger partial charge in [0.15, 0.2) is 0 Å². The third kappa shape index (κ3) is 4.91. The minimum Gasteiger partial charge on any atom is -0.335 e. The zero-order valence-corrected chi connectivity index (χ0v) is 16.8. The van der Waals surface area contributed by atoms with Gasteiger partial charge < -0.3 is 16.0 Å². The molecule has 2 atom stereocenters. The Bertz CT molecular complexity index is 841. The lowest BCUT2D eigenvalue weighted by atomic mass is 10.1. The quantitative estimate of drug-likeness (QED) is 0.768. The predicted octanol–water partition coefficient (Wildman–Crippen LogP) is 4.07. The largest absolute Gasteiger partial charge is 0.335 e. The van der Waals surface area contributed by atoms with Crippen molar-refractivity contribution < 1.29 is 9.59 Å². The van der Waals surface area contributed by atoms with E-state index in [1.807, 2.05) is 37.3 Å². The van der Waals surface area contributed by atoms with Crippen molar-refractivity contribution in [2.75, 3.05) is 11.9 Å². The molecule has 1 saturated carbocycles. The zero-order valence-electron chi connectivity index (χ0n) is 16.0. The van der Waals surface area contributed by atoms with Crippen LogP contribution in [0.2, 0.25) is 5.02 Å². The number of anilines is 1. The lowest BCUT2D eigenvalue weighted by molar-refractivity contribution is -0.119. The van der Waals surface area contributed by atoms with Crippen LogP contribution in [0, 0.1) is 5.92 Å². The Balaban J connectivity index is 1.74. The molecule has 1 aliphatic rings. The van der Waals surface area contributed by atoms with Gasteiger partial charge in [0, 0.05) is 30.7 Å². The van der Waals surface area contributed by atoms with Crippen LogP contribution >= 0.6 is 11.6 Å². The topological polar surface area (TPSA) is 75.4 Å². The summed E-state index contributed by atoms with van der Waals surface area (Å²) in [5.41, 5.74) is 7.92. The monoisotopic (exact) mass is 399 g/mol. The fourth-order valence-corrected chi connectivity index (χ4v) is 3.77. The second-order valence-corrected chi connectivity index (χ2v) is 7.67. The van der Waals surface area contributed by atoms with E-state index < -0.39 is 0 Å². The second kappa shape index (κ2) is 9.22. The Morgan fingerprint density at radius 1 is 1.18 bits per heavy atom. The predicted molar refractivity (Wildman–Crippen MR) is 112 cm³/mol. The first-order chi connectivity index (χ1) is 13.5. The van der Waals surface area contributed by atoms with Gasteiger partial charge in [0.1, 0.15) is 0 Å². The molecule has 0 heterocycles. The molecule has 5 nitrogen and oxygen atoms in total. The number of nitrogens with two attached hydrogens (primary N) is 1. The van der Waals surface area contributed by atoms with Crippen LogP contribution in [0.3, 0.4) is 0 Å². The lowest BCUT2D eigenvalue weighted by Gasteiger charge is -2.22. The molecule has 2 aromatic rings. The highest BCUT2D eigenvalue weighted by Crippen LogP contribution is 2.27. The van der Waals surface area contributed by atoms with E-state index in [-0.39, 0.29) is 23.8 Å². The first kappa shape index (κ1) is 20.4. The van der Waals surface area contributed by atoms with Crippen molar-refractivity contribution in [3.05, 3.63) is 64.7 Å². The van der Waals surface area contributed by atoms with Crippen molar-refractivity contribution in [2.24, 2.45) is 11.7 Å². The maximum Gasteiger partial charge on any atom is 0.255 e. The smallest absolute Gasteiger partial charge is 0.255 e. The first-order valence-electron chi connectivity index (χ1n) is 9.67. The van der Waals surface area contributed by atoms with E-state index in [9.17, 15) is 9.59 Å². The first-order valence-corrected chi connectivity index (χ1v) is 10.0. The number of hydrogen-bond acceptors (Lipinski definition) is 3. The molecule has 0 radical (unpaired) electrons. The number of carbonyl (C=O) groups excluding carboxylic acids is 2. The average molecular weight is 400 g/mol. The lowest BCUT2D eigenvalue weighted by Crippen LogP contribution is -2.30. The minimum absolute atomic E-state index is 0.0506. The average Bonchev–Trinajstić information content (AvgIpc) is 3.14. The maximum absolute atomic E-state index is 13.1. The van der Waals surface area contributed by atoms with Crippen molar-refractivity contribution in [1.82, 2.24) is 4.90 Å². The van der Waals surface area contributed by atoms with Crippen molar-refractivity contribution >= 4 is 29.1 Å². The van der Waals surface area contributed by atoms with E-state index in [0.717, 1.165) is 18.4 Å². The van der Waals surface area contributed by atoms with Gasteiger partial charge in [-0.05, 0) is 49.9 Å². The molecule has 28 heavy (non-hydrogen) atoms. The summed E-state index contributed by atoms with van der Waals surface area (Å²) in [4.78, 5) is 27.2. The highest BCUT2D eigenvalue weighted by Gasteiger charge is 2.28. The molecule has 0 spiro atoms. The van der Waals surface area contributed by atoms with Crippen LogP contribution in [0.5, 0.6) is 0 Å². The van der Waals surface area contributed by atoms with Gasteiger partial charge in [0.05, 0.1) is 10.6 Å². The van der Waals surface area contributed by atoms with Crippen LogP contribution in [-0.2, 0) is 11.3 Å². The molecule has 2 aromatic carbocycles. The number of benzene rings is 2. The Morgan fingerprint density at radius 2 is 1.93 bits per heavy atom. The molecule has 0 saturated heterocycles. The van der Waals surface area contributed by atoms with E-state index >= 15 is 0 Å². The number of rotatable bonds is 6. The molecule has 3 rings (SSSR count). The van der Waals surface area contributed by atoms with Crippen LogP contribution in [0.4, 0.5) is 5.69 Å². The number of nitrogens with zero attached hydrogens (tertiary/aromatic N) is 1. The number of carbonyl (C=O) groups is 2. The minimum atomic E-state index is -0.157. The summed E-state index contributed by atoms with van der Waals surface area (Å²) in [6.45, 7) is 2.99. The molecule has 1 aliphatic carbocycles. The fourth-order valence-electron chi connectivity index (χ4n) is 3.57. The van der Waals surface area contributed by atoms with Crippen LogP contribution < -0.4 is 11.1 Å². The van der Waals surface area contributed by atoms with Gasteiger partial charge in [-0.15, -0.1) is 0 Å². The van der Waals surface area contributed by atoms with Gasteiger partial charge >= 0.3 is 0 Å². The zero-order chi connectivity index (χ0) is 20.1. The number of nitrogens with one attached hydrogen (secondary N) is 1. The summed E-state index contributed by atoms with van der Waals surface area (Å²) in [7, 11) is 0. The molecular weight excluding hydrogens is 374 g/mol. The van der Waals surface area contributed by atoms with Crippen LogP contribution in [0.1, 0.15) is 42.1 Å². The molecule has 2 unspecified atom stereocenters. The Kier molecular flexibility index (Phi) is 6.70. The Hall–Kier alpha value is -2.37. The Labute approximate surface area is 170 Å². The third-order valence-corrected chi connectivity index (χ3v) is 5.52. The van der Waals surface area contributed by atoms with Crippen LogP contribution in [-0.4, -0.2) is 29.3 Å². The third-order valence-electron chi connectivity index (χ3n) is 5.19. The highest BCUT2D eigenvalue weighted by molar-refractivity contribution is 6.34. The van der Waals surface area contributed by atoms with Gasteiger partial charge in [-0.1, -0.05) is 41.9 Å². The molecule has 6 heteroatoms. The maximum atomic E-state index is 13.1. The molecule has 3 N–H and O–H groups in total. The van der Waals surface area contributed by atoms with E-state index in [1.165, 1.54) is 0 Å². The molecule has 0 bridgehead atoms.